The SMILES string of the molecule is CCC(C)CNCC1(N(C)C)CCCC(C)C1. The van der Waals surface area contributed by atoms with Crippen LogP contribution in [0.5, 0.6) is 0 Å². The number of hydrogen-bond donors (Lipinski definition) is 1. The third-order valence-electron chi connectivity index (χ3n) is 4.66. The van der Waals surface area contributed by atoms with Gasteiger partial charge >= 0.3 is 0 Å². The van der Waals surface area contributed by atoms with Crippen LogP contribution in [0.15, 0.2) is 0 Å². The van der Waals surface area contributed by atoms with E-state index in [0.29, 0.717) is 5.54 Å². The normalized spacial score (nSPS) is 31.8. The molecule has 102 valence electrons. The van der Waals surface area contributed by atoms with Crippen molar-refractivity contribution < 1.29 is 0 Å². The van der Waals surface area contributed by atoms with E-state index in [0.717, 1.165) is 18.4 Å². The molecule has 1 rings (SSSR count). The molecule has 0 aromatic carbocycles. The minimum absolute atomic E-state index is 0.408. The van der Waals surface area contributed by atoms with Gasteiger partial charge in [0.1, 0.15) is 0 Å². The average molecular weight is 240 g/mol. The molecule has 2 heteroatoms. The zero-order valence-electron chi connectivity index (χ0n) is 12.6. The Morgan fingerprint density at radius 1 is 1.41 bits per heavy atom. The van der Waals surface area contributed by atoms with E-state index in [1.165, 1.54) is 38.6 Å². The quantitative estimate of drug-likeness (QED) is 0.767. The molecule has 0 spiro atoms. The Morgan fingerprint density at radius 2 is 2.12 bits per heavy atom. The lowest BCUT2D eigenvalue weighted by Gasteiger charge is -2.45. The van der Waals surface area contributed by atoms with Gasteiger partial charge in [0.2, 0.25) is 0 Å². The molecule has 1 N–H and O–H groups in total. The molecule has 0 heterocycles. The summed E-state index contributed by atoms with van der Waals surface area (Å²) in [4.78, 5) is 2.46. The van der Waals surface area contributed by atoms with Gasteiger partial charge < -0.3 is 10.2 Å². The Bertz CT molecular complexity index is 215. The van der Waals surface area contributed by atoms with Gasteiger partial charge in [-0.15, -0.1) is 0 Å². The van der Waals surface area contributed by atoms with E-state index < -0.39 is 0 Å². The van der Waals surface area contributed by atoms with E-state index >= 15 is 0 Å². The molecule has 1 aliphatic carbocycles. The summed E-state index contributed by atoms with van der Waals surface area (Å²) in [6, 6.07) is 0. The van der Waals surface area contributed by atoms with Crippen molar-refractivity contribution >= 4 is 0 Å². The molecular weight excluding hydrogens is 208 g/mol. The van der Waals surface area contributed by atoms with Crippen molar-refractivity contribution in [3.8, 4) is 0 Å². The fourth-order valence-corrected chi connectivity index (χ4v) is 3.05. The predicted molar refractivity (Wildman–Crippen MR) is 76.4 cm³/mol. The summed E-state index contributed by atoms with van der Waals surface area (Å²) in [7, 11) is 4.51. The van der Waals surface area contributed by atoms with Gasteiger partial charge in [0.25, 0.3) is 0 Å². The van der Waals surface area contributed by atoms with Crippen LogP contribution in [0.1, 0.15) is 52.9 Å². The molecule has 3 unspecified atom stereocenters. The summed E-state index contributed by atoms with van der Waals surface area (Å²) in [5.41, 5.74) is 0.408. The molecular formula is C15H32N2. The van der Waals surface area contributed by atoms with Crippen molar-refractivity contribution in [3.63, 3.8) is 0 Å². The van der Waals surface area contributed by atoms with Gasteiger partial charge in [-0.3, -0.25) is 0 Å². The van der Waals surface area contributed by atoms with Crippen molar-refractivity contribution in [2.45, 2.75) is 58.4 Å². The molecule has 17 heavy (non-hydrogen) atoms. The van der Waals surface area contributed by atoms with Crippen molar-refractivity contribution in [2.75, 3.05) is 27.2 Å². The second kappa shape index (κ2) is 6.75. The number of rotatable bonds is 6. The number of hydrogen-bond acceptors (Lipinski definition) is 2. The van der Waals surface area contributed by atoms with Crippen LogP contribution in [0.25, 0.3) is 0 Å². The van der Waals surface area contributed by atoms with Gasteiger partial charge in [-0.1, -0.05) is 40.0 Å². The Kier molecular flexibility index (Phi) is 5.94. The van der Waals surface area contributed by atoms with Gasteiger partial charge in [0.15, 0.2) is 0 Å². The third kappa shape index (κ3) is 4.26. The second-order valence-electron chi connectivity index (χ2n) is 6.46. The highest BCUT2D eigenvalue weighted by atomic mass is 15.2. The van der Waals surface area contributed by atoms with E-state index in [4.69, 9.17) is 0 Å². The summed E-state index contributed by atoms with van der Waals surface area (Å²) in [6.45, 7) is 9.34. The Morgan fingerprint density at radius 3 is 2.65 bits per heavy atom. The van der Waals surface area contributed by atoms with Crippen LogP contribution in [0.4, 0.5) is 0 Å². The molecule has 0 aliphatic heterocycles. The molecule has 3 atom stereocenters. The van der Waals surface area contributed by atoms with Crippen LogP contribution in [-0.4, -0.2) is 37.6 Å². The van der Waals surface area contributed by atoms with E-state index in [-0.39, 0.29) is 0 Å². The van der Waals surface area contributed by atoms with Gasteiger partial charge in [-0.25, -0.2) is 0 Å². The molecule has 0 amide bonds. The second-order valence-corrected chi connectivity index (χ2v) is 6.46. The Balaban J connectivity index is 2.47. The highest BCUT2D eigenvalue weighted by molar-refractivity contribution is 4.94. The number of nitrogens with zero attached hydrogens (tertiary/aromatic N) is 1. The maximum absolute atomic E-state index is 3.71. The molecule has 0 aromatic rings. The molecule has 0 radical (unpaired) electrons. The Labute approximate surface area is 108 Å². The minimum atomic E-state index is 0.408. The first-order valence-electron chi connectivity index (χ1n) is 7.38. The van der Waals surface area contributed by atoms with E-state index in [9.17, 15) is 0 Å². The van der Waals surface area contributed by atoms with Crippen LogP contribution in [0, 0.1) is 11.8 Å². The molecule has 1 aliphatic rings. The largest absolute Gasteiger partial charge is 0.315 e. The van der Waals surface area contributed by atoms with Crippen LogP contribution in [0.2, 0.25) is 0 Å². The standard InChI is InChI=1S/C15H32N2/c1-6-13(2)11-16-12-15(17(4)5)9-7-8-14(3)10-15/h13-14,16H,6-12H2,1-5H3. The monoisotopic (exact) mass is 240 g/mol. The summed E-state index contributed by atoms with van der Waals surface area (Å²) in [6.07, 6.45) is 6.80. The lowest BCUT2D eigenvalue weighted by Crippen LogP contribution is -2.54. The zero-order chi connectivity index (χ0) is 12.9. The van der Waals surface area contributed by atoms with Crippen molar-refractivity contribution in [1.29, 1.82) is 0 Å². The summed E-state index contributed by atoms with van der Waals surface area (Å²) in [5.74, 6) is 1.69. The minimum Gasteiger partial charge on any atom is -0.315 e. The molecule has 1 fully saturated rings. The fraction of sp³-hybridized carbons (Fsp3) is 1.00. The van der Waals surface area contributed by atoms with Gasteiger partial charge in [-0.05, 0) is 45.3 Å². The smallest absolute Gasteiger partial charge is 0.0330 e. The number of nitrogens with one attached hydrogen (secondary N) is 1. The average Bonchev–Trinajstić information content (AvgIpc) is 2.28. The van der Waals surface area contributed by atoms with Crippen molar-refractivity contribution in [1.82, 2.24) is 10.2 Å². The third-order valence-corrected chi connectivity index (χ3v) is 4.66. The van der Waals surface area contributed by atoms with Crippen molar-refractivity contribution in [3.05, 3.63) is 0 Å². The lowest BCUT2D eigenvalue weighted by atomic mass is 9.75. The number of likely N-dealkylation sites (N-methyl/N-ethyl adjacent to an activating group) is 1. The Hall–Kier alpha value is -0.0800. The van der Waals surface area contributed by atoms with Gasteiger partial charge in [0.05, 0.1) is 0 Å². The zero-order valence-corrected chi connectivity index (χ0v) is 12.6. The molecule has 0 aromatic heterocycles. The van der Waals surface area contributed by atoms with Crippen LogP contribution < -0.4 is 5.32 Å². The molecule has 0 saturated heterocycles. The van der Waals surface area contributed by atoms with Crippen LogP contribution >= 0.6 is 0 Å². The summed E-state index contributed by atoms with van der Waals surface area (Å²) < 4.78 is 0. The van der Waals surface area contributed by atoms with Crippen LogP contribution in [-0.2, 0) is 0 Å². The molecule has 1 saturated carbocycles. The van der Waals surface area contributed by atoms with E-state index in [1.807, 2.05) is 0 Å². The summed E-state index contributed by atoms with van der Waals surface area (Å²) >= 11 is 0. The van der Waals surface area contributed by atoms with Gasteiger partial charge in [-0.2, -0.15) is 0 Å². The maximum Gasteiger partial charge on any atom is 0.0330 e. The lowest BCUT2D eigenvalue weighted by molar-refractivity contribution is 0.0744. The first kappa shape index (κ1) is 15.0. The van der Waals surface area contributed by atoms with E-state index in [1.54, 1.807) is 0 Å². The molecule has 2 nitrogen and oxygen atoms in total. The highest BCUT2D eigenvalue weighted by Crippen LogP contribution is 2.35. The highest BCUT2D eigenvalue weighted by Gasteiger charge is 2.36. The van der Waals surface area contributed by atoms with E-state index in [2.05, 4.69) is 45.1 Å². The summed E-state index contributed by atoms with van der Waals surface area (Å²) in [5, 5.41) is 3.71. The first-order chi connectivity index (χ1) is 8.00. The first-order valence-corrected chi connectivity index (χ1v) is 7.38. The van der Waals surface area contributed by atoms with Crippen molar-refractivity contribution in [2.24, 2.45) is 11.8 Å². The topological polar surface area (TPSA) is 15.3 Å². The predicted octanol–water partition coefficient (Wildman–Crippen LogP) is 3.13. The molecule has 0 bridgehead atoms. The van der Waals surface area contributed by atoms with Crippen LogP contribution in [0.3, 0.4) is 0 Å². The maximum atomic E-state index is 3.71. The van der Waals surface area contributed by atoms with Gasteiger partial charge in [0, 0.05) is 12.1 Å². The fourth-order valence-electron chi connectivity index (χ4n) is 3.05.